The first-order chi connectivity index (χ1) is 13.4. The number of rotatable bonds is 7. The Hall–Kier alpha value is -2.30. The van der Waals surface area contributed by atoms with Gasteiger partial charge in [-0.1, -0.05) is 25.6 Å². The highest BCUT2D eigenvalue weighted by molar-refractivity contribution is 7.98. The highest BCUT2D eigenvalue weighted by Gasteiger charge is 2.40. The Morgan fingerprint density at radius 2 is 1.86 bits per heavy atom. The minimum absolute atomic E-state index is 0.127. The van der Waals surface area contributed by atoms with Crippen LogP contribution in [0.15, 0.2) is 17.4 Å². The van der Waals surface area contributed by atoms with E-state index in [1.165, 1.54) is 6.20 Å². The van der Waals surface area contributed by atoms with E-state index in [-0.39, 0.29) is 28.8 Å². The molecule has 0 aliphatic rings. The largest absolute Gasteiger partial charge is 0.478 e. The number of nitrogens with zero attached hydrogens (tertiary/aromatic N) is 3. The molecule has 158 valence electrons. The molecule has 0 spiro atoms. The number of hydrogen-bond acceptors (Lipinski definition) is 5. The van der Waals surface area contributed by atoms with Gasteiger partial charge >= 0.3 is 12.1 Å². The van der Waals surface area contributed by atoms with Crippen molar-refractivity contribution < 1.29 is 31.9 Å². The lowest BCUT2D eigenvalue weighted by molar-refractivity contribution is -0.142. The average Bonchev–Trinajstić information content (AvgIpc) is 2.58. The van der Waals surface area contributed by atoms with Gasteiger partial charge in [-0.2, -0.15) is 13.2 Å². The highest BCUT2D eigenvalue weighted by atomic mass is 32.2. The van der Waals surface area contributed by atoms with Crippen LogP contribution in [-0.4, -0.2) is 26.0 Å². The summed E-state index contributed by atoms with van der Waals surface area (Å²) >= 11 is 0.851. The van der Waals surface area contributed by atoms with Crippen LogP contribution in [-0.2, 0) is 18.3 Å². The number of hydrogen-bond donors (Lipinski definition) is 1. The Kier molecular flexibility index (Phi) is 7.15. The van der Waals surface area contributed by atoms with Gasteiger partial charge in [-0.25, -0.2) is 28.5 Å². The third-order valence-electron chi connectivity index (χ3n) is 3.86. The number of pyridine rings is 1. The molecule has 0 aliphatic heterocycles. The molecule has 0 aliphatic carbocycles. The standard InChI is InChI=1S/C18H18F5N3O2S/c1-8(2)6-10-11(7-29-17-24-5-4-9(3)25-17)14(18(21,22)23)26-13(15(19)20)12(10)16(27)28/h4-5,8,15H,6-7H2,1-3H3,(H,27,28). The molecule has 2 rings (SSSR count). The number of aryl methyl sites for hydroxylation is 1. The van der Waals surface area contributed by atoms with Gasteiger partial charge in [-0.3, -0.25) is 0 Å². The second-order valence-electron chi connectivity index (χ2n) is 6.65. The summed E-state index contributed by atoms with van der Waals surface area (Å²) in [5.41, 5.74) is -3.89. The van der Waals surface area contributed by atoms with E-state index >= 15 is 0 Å². The topological polar surface area (TPSA) is 76.0 Å². The maximum Gasteiger partial charge on any atom is 0.433 e. The summed E-state index contributed by atoms with van der Waals surface area (Å²) in [4.78, 5) is 22.8. The van der Waals surface area contributed by atoms with Crippen molar-refractivity contribution in [3.63, 3.8) is 0 Å². The molecular formula is C18H18F5N3O2S. The average molecular weight is 435 g/mol. The molecule has 0 bridgehead atoms. The number of alkyl halides is 5. The van der Waals surface area contributed by atoms with Crippen LogP contribution in [0.2, 0.25) is 0 Å². The van der Waals surface area contributed by atoms with Crippen LogP contribution in [0.25, 0.3) is 0 Å². The molecule has 0 radical (unpaired) electrons. The molecule has 1 N–H and O–H groups in total. The Morgan fingerprint density at radius 3 is 2.34 bits per heavy atom. The minimum atomic E-state index is -5.03. The predicted octanol–water partition coefficient (Wildman–Crippen LogP) is 5.33. The van der Waals surface area contributed by atoms with Crippen molar-refractivity contribution in [2.24, 2.45) is 5.92 Å². The van der Waals surface area contributed by atoms with Crippen molar-refractivity contribution in [2.75, 3.05) is 0 Å². The molecule has 2 aromatic heterocycles. The van der Waals surface area contributed by atoms with Crippen LogP contribution < -0.4 is 0 Å². The molecule has 0 aromatic carbocycles. The maximum absolute atomic E-state index is 13.6. The predicted molar refractivity (Wildman–Crippen MR) is 96.0 cm³/mol. The first-order valence-corrected chi connectivity index (χ1v) is 9.47. The number of aromatic carboxylic acids is 1. The summed E-state index contributed by atoms with van der Waals surface area (Å²) in [5, 5.41) is 9.65. The summed E-state index contributed by atoms with van der Waals surface area (Å²) in [5.74, 6) is -2.38. The second kappa shape index (κ2) is 9.02. The quantitative estimate of drug-likeness (QED) is 0.360. The summed E-state index contributed by atoms with van der Waals surface area (Å²) in [6.07, 6.45) is -7.19. The van der Waals surface area contributed by atoms with Crippen molar-refractivity contribution in [2.45, 2.75) is 50.7 Å². The zero-order chi connectivity index (χ0) is 21.9. The summed E-state index contributed by atoms with van der Waals surface area (Å²) < 4.78 is 67.7. The first-order valence-electron chi connectivity index (χ1n) is 8.48. The zero-order valence-corrected chi connectivity index (χ0v) is 16.5. The number of aromatic nitrogens is 3. The molecule has 0 fully saturated rings. The van der Waals surface area contributed by atoms with Crippen molar-refractivity contribution in [1.29, 1.82) is 0 Å². The van der Waals surface area contributed by atoms with E-state index in [0.717, 1.165) is 11.8 Å². The molecule has 29 heavy (non-hydrogen) atoms. The van der Waals surface area contributed by atoms with Crippen LogP contribution in [0, 0.1) is 12.8 Å². The maximum atomic E-state index is 13.6. The van der Waals surface area contributed by atoms with E-state index < -0.39 is 41.1 Å². The van der Waals surface area contributed by atoms with Crippen molar-refractivity contribution in [1.82, 2.24) is 15.0 Å². The number of carboxylic acid groups (broad SMARTS) is 1. The van der Waals surface area contributed by atoms with Gasteiger partial charge in [0.15, 0.2) is 5.16 Å². The van der Waals surface area contributed by atoms with Crippen molar-refractivity contribution in [3.8, 4) is 0 Å². The lowest BCUT2D eigenvalue weighted by Gasteiger charge is -2.21. The van der Waals surface area contributed by atoms with Gasteiger partial charge in [0.05, 0.1) is 5.56 Å². The van der Waals surface area contributed by atoms with Gasteiger partial charge in [-0.15, -0.1) is 0 Å². The molecular weight excluding hydrogens is 417 g/mol. The van der Waals surface area contributed by atoms with Crippen molar-refractivity contribution in [3.05, 3.63) is 46.0 Å². The van der Waals surface area contributed by atoms with Gasteiger partial charge < -0.3 is 5.11 Å². The molecule has 0 saturated carbocycles. The lowest BCUT2D eigenvalue weighted by atomic mass is 9.91. The Labute approximate surface area is 167 Å². The van der Waals surface area contributed by atoms with E-state index in [4.69, 9.17) is 0 Å². The zero-order valence-electron chi connectivity index (χ0n) is 15.7. The van der Waals surface area contributed by atoms with E-state index in [0.29, 0.717) is 5.69 Å². The molecule has 0 unspecified atom stereocenters. The van der Waals surface area contributed by atoms with E-state index in [2.05, 4.69) is 15.0 Å². The Bertz CT molecular complexity index is 904. The van der Waals surface area contributed by atoms with E-state index in [1.54, 1.807) is 26.8 Å². The summed E-state index contributed by atoms with van der Waals surface area (Å²) in [6.45, 7) is 4.99. The normalized spacial score (nSPS) is 12.1. The molecule has 0 atom stereocenters. The van der Waals surface area contributed by atoms with Gasteiger partial charge in [0, 0.05) is 17.6 Å². The van der Waals surface area contributed by atoms with Gasteiger partial charge in [0.1, 0.15) is 11.4 Å². The van der Waals surface area contributed by atoms with Crippen LogP contribution in [0.1, 0.15) is 58.8 Å². The fraction of sp³-hybridized carbons (Fsp3) is 0.444. The molecule has 11 heteroatoms. The highest BCUT2D eigenvalue weighted by Crippen LogP contribution is 2.39. The number of carboxylic acids is 1. The second-order valence-corrected chi connectivity index (χ2v) is 7.59. The van der Waals surface area contributed by atoms with Crippen LogP contribution in [0.4, 0.5) is 22.0 Å². The monoisotopic (exact) mass is 435 g/mol. The lowest BCUT2D eigenvalue weighted by Crippen LogP contribution is -2.21. The molecule has 5 nitrogen and oxygen atoms in total. The third-order valence-corrected chi connectivity index (χ3v) is 4.75. The number of halogens is 5. The molecule has 2 heterocycles. The third kappa shape index (κ3) is 5.62. The van der Waals surface area contributed by atoms with Gasteiger partial charge in [0.2, 0.25) is 0 Å². The first kappa shape index (κ1) is 23.0. The van der Waals surface area contributed by atoms with E-state index in [9.17, 15) is 31.9 Å². The molecule has 0 saturated heterocycles. The summed E-state index contributed by atoms with van der Waals surface area (Å²) in [7, 11) is 0. The smallest absolute Gasteiger partial charge is 0.433 e. The number of carbonyl (C=O) groups is 1. The van der Waals surface area contributed by atoms with Crippen LogP contribution >= 0.6 is 11.8 Å². The number of thioether (sulfide) groups is 1. The van der Waals surface area contributed by atoms with Crippen molar-refractivity contribution >= 4 is 17.7 Å². The SMILES string of the molecule is Cc1ccnc(SCc2c(C(F)(F)F)nc(C(F)F)c(C(=O)O)c2CC(C)C)n1. The fourth-order valence-corrected chi connectivity index (χ4v) is 3.67. The minimum Gasteiger partial charge on any atom is -0.478 e. The fourth-order valence-electron chi connectivity index (χ4n) is 2.74. The van der Waals surface area contributed by atoms with Gasteiger partial charge in [0.25, 0.3) is 6.43 Å². The molecule has 0 amide bonds. The van der Waals surface area contributed by atoms with Crippen LogP contribution in [0.5, 0.6) is 0 Å². The molecule has 2 aromatic rings. The van der Waals surface area contributed by atoms with E-state index in [1.807, 2.05) is 0 Å². The van der Waals surface area contributed by atoms with Gasteiger partial charge in [-0.05, 0) is 36.5 Å². The van der Waals surface area contributed by atoms with Crippen LogP contribution in [0.3, 0.4) is 0 Å². The Balaban J connectivity index is 2.72. The Morgan fingerprint density at radius 1 is 1.21 bits per heavy atom. The summed E-state index contributed by atoms with van der Waals surface area (Å²) in [6, 6.07) is 1.61.